The summed E-state index contributed by atoms with van der Waals surface area (Å²) in [5.74, 6) is 0. The van der Waals surface area contributed by atoms with Crippen molar-refractivity contribution < 1.29 is 4.42 Å². The molecule has 186 valence electrons. The number of nitriles is 1. The van der Waals surface area contributed by atoms with Crippen LogP contribution in [-0.4, -0.2) is 17.8 Å². The van der Waals surface area contributed by atoms with Crippen LogP contribution in [0.4, 0.5) is 0 Å². The highest BCUT2D eigenvalue weighted by Crippen LogP contribution is 2.38. The molecule has 0 saturated heterocycles. The summed E-state index contributed by atoms with van der Waals surface area (Å²) in [4.78, 5) is 4.81. The van der Waals surface area contributed by atoms with E-state index in [1.165, 1.54) is 5.39 Å². The number of furan rings is 1. The molecule has 39 heavy (non-hydrogen) atoms. The number of para-hydroxylation sites is 2. The Morgan fingerprint density at radius 1 is 0.769 bits per heavy atom. The lowest BCUT2D eigenvalue weighted by atomic mass is 10.1. The van der Waals surface area contributed by atoms with Crippen molar-refractivity contribution in [3.8, 4) is 11.8 Å². The van der Waals surface area contributed by atoms with Gasteiger partial charge in [0.15, 0.2) is 0 Å². The standard InChI is InChI=1S/C34H24N4O/c1-36-34(24-10-6-8-22(16-24)20-35)37-21-23-9-7-11-25(17-23)38-30-14-4-2-12-26(30)28-19-33-29(18-31(28)38)27-13-3-5-15-32(27)39-33/h2-19,21,34,36H,1H3/b37-21+. The van der Waals surface area contributed by atoms with Crippen LogP contribution in [0.5, 0.6) is 0 Å². The minimum absolute atomic E-state index is 0.252. The largest absolute Gasteiger partial charge is 0.456 e. The Bertz CT molecular complexity index is 2090. The minimum atomic E-state index is -0.252. The van der Waals surface area contributed by atoms with Gasteiger partial charge >= 0.3 is 0 Å². The highest BCUT2D eigenvalue weighted by atomic mass is 16.3. The van der Waals surface area contributed by atoms with Crippen molar-refractivity contribution in [1.29, 1.82) is 5.26 Å². The number of hydrogen-bond acceptors (Lipinski definition) is 4. The van der Waals surface area contributed by atoms with E-state index in [0.717, 1.165) is 55.2 Å². The molecular formula is C34H24N4O. The van der Waals surface area contributed by atoms with Gasteiger partial charge in [-0.3, -0.25) is 10.3 Å². The lowest BCUT2D eigenvalue weighted by Gasteiger charge is -2.12. The molecular weight excluding hydrogens is 480 g/mol. The van der Waals surface area contributed by atoms with Crippen molar-refractivity contribution in [2.24, 2.45) is 4.99 Å². The van der Waals surface area contributed by atoms with Crippen molar-refractivity contribution in [2.45, 2.75) is 6.17 Å². The van der Waals surface area contributed by atoms with Gasteiger partial charge in [0, 0.05) is 33.4 Å². The van der Waals surface area contributed by atoms with E-state index in [1.807, 2.05) is 43.6 Å². The molecule has 2 aromatic heterocycles. The maximum Gasteiger partial charge on any atom is 0.136 e. The van der Waals surface area contributed by atoms with E-state index in [4.69, 9.17) is 9.41 Å². The van der Waals surface area contributed by atoms with Gasteiger partial charge in [-0.05, 0) is 66.7 Å². The monoisotopic (exact) mass is 504 g/mol. The Morgan fingerprint density at radius 2 is 1.59 bits per heavy atom. The number of benzene rings is 5. The van der Waals surface area contributed by atoms with E-state index >= 15 is 0 Å². The van der Waals surface area contributed by atoms with Crippen molar-refractivity contribution in [3.05, 3.63) is 126 Å². The third-order valence-electron chi connectivity index (χ3n) is 7.28. The van der Waals surface area contributed by atoms with Gasteiger partial charge in [-0.15, -0.1) is 0 Å². The van der Waals surface area contributed by atoms with Crippen LogP contribution < -0.4 is 5.32 Å². The second-order valence-corrected chi connectivity index (χ2v) is 9.62. The highest BCUT2D eigenvalue weighted by Gasteiger charge is 2.16. The molecule has 7 rings (SSSR count). The van der Waals surface area contributed by atoms with E-state index in [9.17, 15) is 5.26 Å². The number of aromatic nitrogens is 1. The van der Waals surface area contributed by atoms with Gasteiger partial charge in [0.2, 0.25) is 0 Å². The molecule has 2 heterocycles. The van der Waals surface area contributed by atoms with E-state index in [1.54, 1.807) is 6.07 Å². The predicted octanol–water partition coefficient (Wildman–Crippen LogP) is 7.89. The van der Waals surface area contributed by atoms with Crippen LogP contribution in [-0.2, 0) is 0 Å². The van der Waals surface area contributed by atoms with Gasteiger partial charge < -0.3 is 8.98 Å². The Labute approximate surface area is 225 Å². The Hall–Kier alpha value is -5.18. The van der Waals surface area contributed by atoms with Crippen molar-refractivity contribution in [2.75, 3.05) is 7.05 Å². The average molecular weight is 505 g/mol. The molecule has 0 radical (unpaired) electrons. The summed E-state index contributed by atoms with van der Waals surface area (Å²) in [6.45, 7) is 0. The molecule has 0 spiro atoms. The van der Waals surface area contributed by atoms with Crippen LogP contribution in [0.15, 0.2) is 119 Å². The van der Waals surface area contributed by atoms with Crippen LogP contribution in [0.1, 0.15) is 22.9 Å². The highest BCUT2D eigenvalue weighted by molar-refractivity contribution is 6.17. The lowest BCUT2D eigenvalue weighted by Crippen LogP contribution is -2.14. The summed E-state index contributed by atoms with van der Waals surface area (Å²) in [5, 5.41) is 17.1. The summed E-state index contributed by atoms with van der Waals surface area (Å²) < 4.78 is 8.52. The molecule has 0 fully saturated rings. The number of nitrogens with zero attached hydrogens (tertiary/aromatic N) is 3. The summed E-state index contributed by atoms with van der Waals surface area (Å²) in [6.07, 6.45) is 1.64. The number of nitrogens with one attached hydrogen (secondary N) is 1. The zero-order valence-electron chi connectivity index (χ0n) is 21.3. The zero-order chi connectivity index (χ0) is 26.3. The third kappa shape index (κ3) is 3.86. The maximum absolute atomic E-state index is 9.28. The van der Waals surface area contributed by atoms with Gasteiger partial charge in [0.1, 0.15) is 17.3 Å². The molecule has 0 aliphatic heterocycles. The fourth-order valence-corrected chi connectivity index (χ4v) is 5.48. The summed E-state index contributed by atoms with van der Waals surface area (Å²) in [5.41, 5.74) is 7.68. The van der Waals surface area contributed by atoms with Crippen LogP contribution in [0.3, 0.4) is 0 Å². The first-order chi connectivity index (χ1) is 19.2. The molecule has 0 amide bonds. The molecule has 0 aliphatic rings. The number of hydrogen-bond donors (Lipinski definition) is 1. The van der Waals surface area contributed by atoms with Crippen molar-refractivity contribution in [3.63, 3.8) is 0 Å². The summed E-state index contributed by atoms with van der Waals surface area (Å²) in [6, 6.07) is 39.2. The van der Waals surface area contributed by atoms with Gasteiger partial charge in [-0.25, -0.2) is 0 Å². The van der Waals surface area contributed by atoms with Gasteiger partial charge in [-0.2, -0.15) is 5.26 Å². The van der Waals surface area contributed by atoms with Crippen LogP contribution >= 0.6 is 0 Å². The topological polar surface area (TPSA) is 66.2 Å². The third-order valence-corrected chi connectivity index (χ3v) is 7.28. The number of fused-ring (bicyclic) bond motifs is 6. The molecule has 0 saturated carbocycles. The van der Waals surface area contributed by atoms with Crippen LogP contribution in [0.25, 0.3) is 49.4 Å². The Kier molecular flexibility index (Phi) is 5.47. The molecule has 7 aromatic rings. The molecule has 0 aliphatic carbocycles. The van der Waals surface area contributed by atoms with E-state index in [-0.39, 0.29) is 6.17 Å². The van der Waals surface area contributed by atoms with Crippen LogP contribution in [0, 0.1) is 11.3 Å². The molecule has 5 aromatic carbocycles. The minimum Gasteiger partial charge on any atom is -0.456 e. The second kappa shape index (κ2) is 9.29. The molecule has 1 unspecified atom stereocenters. The van der Waals surface area contributed by atoms with Gasteiger partial charge in [0.05, 0.1) is 22.7 Å². The Morgan fingerprint density at radius 3 is 2.46 bits per heavy atom. The van der Waals surface area contributed by atoms with E-state index < -0.39 is 0 Å². The average Bonchev–Trinajstić information content (AvgIpc) is 3.51. The summed E-state index contributed by atoms with van der Waals surface area (Å²) >= 11 is 0. The number of rotatable bonds is 5. The van der Waals surface area contributed by atoms with Crippen LogP contribution in [0.2, 0.25) is 0 Å². The van der Waals surface area contributed by atoms with E-state index in [0.29, 0.717) is 5.56 Å². The zero-order valence-corrected chi connectivity index (χ0v) is 21.3. The quantitative estimate of drug-likeness (QED) is 0.242. The molecule has 1 N–H and O–H groups in total. The lowest BCUT2D eigenvalue weighted by molar-refractivity contribution is 0.627. The molecule has 5 nitrogen and oxygen atoms in total. The van der Waals surface area contributed by atoms with Gasteiger partial charge in [-0.1, -0.05) is 60.7 Å². The Balaban J connectivity index is 1.37. The first-order valence-corrected chi connectivity index (χ1v) is 12.9. The SMILES string of the molecule is CNC(/N=C/c1cccc(-n2c3ccccc3c3cc4oc5ccccc5c4cc32)c1)c1cccc(C#N)c1. The molecule has 0 bridgehead atoms. The second-order valence-electron chi connectivity index (χ2n) is 9.62. The first-order valence-electron chi connectivity index (χ1n) is 12.9. The molecule has 5 heteroatoms. The van der Waals surface area contributed by atoms with E-state index in [2.05, 4.69) is 88.7 Å². The fourth-order valence-electron chi connectivity index (χ4n) is 5.48. The predicted molar refractivity (Wildman–Crippen MR) is 159 cm³/mol. The van der Waals surface area contributed by atoms with Gasteiger partial charge in [0.25, 0.3) is 0 Å². The van der Waals surface area contributed by atoms with Crippen molar-refractivity contribution >= 4 is 50.0 Å². The molecule has 1 atom stereocenters. The summed E-state index contributed by atoms with van der Waals surface area (Å²) in [7, 11) is 1.87. The first kappa shape index (κ1) is 23.0. The number of aliphatic imine (C=N–C) groups is 1. The smallest absolute Gasteiger partial charge is 0.136 e. The fraction of sp³-hybridized carbons (Fsp3) is 0.0588. The maximum atomic E-state index is 9.28. The normalized spacial score (nSPS) is 12.6. The van der Waals surface area contributed by atoms with Crippen molar-refractivity contribution in [1.82, 2.24) is 9.88 Å².